The Morgan fingerprint density at radius 2 is 0.884 bits per heavy atom. The molecule has 0 aliphatic heterocycles. The van der Waals surface area contributed by atoms with Crippen molar-refractivity contribution in [3.05, 3.63) is 23.3 Å². The van der Waals surface area contributed by atoms with Crippen LogP contribution >= 0.6 is 45.2 Å². The third-order valence-electron chi connectivity index (χ3n) is 24.2. The Kier molecular flexibility index (Phi) is 19.9. The van der Waals surface area contributed by atoms with E-state index in [1.807, 2.05) is 11.1 Å². The first-order valence-corrected chi connectivity index (χ1v) is 33.7. The van der Waals surface area contributed by atoms with Crippen molar-refractivity contribution >= 4 is 45.2 Å². The van der Waals surface area contributed by atoms with E-state index in [9.17, 15) is 0 Å². The van der Waals surface area contributed by atoms with Crippen LogP contribution in [0.4, 0.5) is 0 Å². The summed E-state index contributed by atoms with van der Waals surface area (Å²) >= 11 is 5.76. The van der Waals surface area contributed by atoms with Crippen LogP contribution in [-0.4, -0.2) is 21.1 Å². The highest BCUT2D eigenvalue weighted by atomic mass is 127. The first-order chi connectivity index (χ1) is 33.0. The fourth-order valence-corrected chi connectivity index (χ4v) is 22.2. The summed E-state index contributed by atoms with van der Waals surface area (Å²) in [6.45, 7) is 27.9. The summed E-state index contributed by atoms with van der Waals surface area (Å²) in [4.78, 5) is 0. The predicted octanol–water partition coefficient (Wildman–Crippen LogP) is 21.0. The lowest BCUT2D eigenvalue weighted by Crippen LogP contribution is -2.50. The Bertz CT molecular complexity index is 1560. The smallest absolute Gasteiger partial charge is 0.0466 e. The molecule has 0 aromatic heterocycles. The van der Waals surface area contributed by atoms with Crippen LogP contribution in [0.2, 0.25) is 0 Å². The first kappa shape index (κ1) is 56.1. The second kappa shape index (κ2) is 24.5. The summed E-state index contributed by atoms with van der Waals surface area (Å²) in [5, 5.41) is 0. The van der Waals surface area contributed by atoms with Crippen LogP contribution in [0.3, 0.4) is 0 Å². The molecule has 0 saturated heterocycles. The largest absolute Gasteiger partial charge is 0.381 e. The van der Waals surface area contributed by atoms with Gasteiger partial charge in [0.15, 0.2) is 0 Å². The maximum atomic E-state index is 6.23. The van der Waals surface area contributed by atoms with Crippen LogP contribution in [0.15, 0.2) is 23.3 Å². The Morgan fingerprint density at radius 1 is 0.464 bits per heavy atom. The van der Waals surface area contributed by atoms with Gasteiger partial charge < -0.3 is 4.74 Å². The van der Waals surface area contributed by atoms with Crippen LogP contribution < -0.4 is 0 Å². The van der Waals surface area contributed by atoms with Crippen molar-refractivity contribution in [1.82, 2.24) is 0 Å². The van der Waals surface area contributed by atoms with Gasteiger partial charge in [0.05, 0.1) is 0 Å². The predicted molar refractivity (Wildman–Crippen MR) is 316 cm³/mol. The molecule has 69 heavy (non-hydrogen) atoms. The topological polar surface area (TPSA) is 9.23 Å². The lowest BCUT2D eigenvalue weighted by atomic mass is 9.46. The van der Waals surface area contributed by atoms with Crippen LogP contribution in [0, 0.1) is 105 Å². The van der Waals surface area contributed by atoms with Crippen LogP contribution in [0.25, 0.3) is 0 Å². The van der Waals surface area contributed by atoms with Gasteiger partial charge in [0.25, 0.3) is 0 Å². The Hall–Kier alpha value is 0.900. The number of hydrogen-bond donors (Lipinski definition) is 0. The number of alkyl halides is 2. The number of halogens is 2. The van der Waals surface area contributed by atoms with E-state index in [2.05, 4.69) is 127 Å². The summed E-state index contributed by atoms with van der Waals surface area (Å²) in [5.74, 6) is 13.1. The second-order valence-electron chi connectivity index (χ2n) is 28.9. The molecule has 0 amide bonds. The van der Waals surface area contributed by atoms with Gasteiger partial charge in [-0.2, -0.15) is 0 Å². The number of rotatable bonds is 24. The zero-order valence-electron chi connectivity index (χ0n) is 47.2. The highest BCUT2D eigenvalue weighted by molar-refractivity contribution is 14.1. The number of ether oxygens (including phenoxy) is 1. The molecule has 6 fully saturated rings. The maximum absolute atomic E-state index is 6.23. The summed E-state index contributed by atoms with van der Waals surface area (Å²) < 4.78 is 7.92. The first-order valence-electron chi connectivity index (χ1n) is 31.2. The lowest BCUT2D eigenvalue weighted by molar-refractivity contribution is -0.0527. The molecule has 0 spiro atoms. The molecule has 8 aliphatic carbocycles. The molecule has 18 atom stereocenters. The molecule has 6 saturated carbocycles. The van der Waals surface area contributed by atoms with Crippen LogP contribution in [0.1, 0.15) is 262 Å². The monoisotopic (exact) mass is 1170 g/mol. The van der Waals surface area contributed by atoms with Gasteiger partial charge >= 0.3 is 0 Å². The van der Waals surface area contributed by atoms with E-state index in [0.717, 1.165) is 104 Å². The SMILES string of the molecule is CC(C)CCC[C@@H](C)[C@H]1CC[C@H]2[C@@H]3CC=C4C[C@@H](C(I)CCCCCOCCCCCC(I)[C@H]5CC[C@@]6(C)C(=CC[C@H]7[C@@H]8CC[C@H]([C@H](C)CCCC(C)C)[C@@]8(C)CC[C@@H]76)C5)CC[C@]4(C)[C@H]3CC[C@]12C. The van der Waals surface area contributed by atoms with Crippen LogP contribution in [0.5, 0.6) is 0 Å². The van der Waals surface area contributed by atoms with E-state index in [4.69, 9.17) is 4.74 Å². The third kappa shape index (κ3) is 12.2. The van der Waals surface area contributed by atoms with Gasteiger partial charge in [0, 0.05) is 21.1 Å². The Balaban J connectivity index is 0.675. The van der Waals surface area contributed by atoms with E-state index in [-0.39, 0.29) is 0 Å². The van der Waals surface area contributed by atoms with E-state index >= 15 is 0 Å². The quantitative estimate of drug-likeness (QED) is 0.0405. The number of allylic oxidation sites excluding steroid dienone is 4. The normalized spacial score (nSPS) is 41.2. The van der Waals surface area contributed by atoms with E-state index in [0.29, 0.717) is 21.7 Å². The highest BCUT2D eigenvalue weighted by Crippen LogP contribution is 2.70. The average molecular weight is 1180 g/mol. The molecule has 0 aromatic rings. The Labute approximate surface area is 457 Å². The van der Waals surface area contributed by atoms with Gasteiger partial charge in [0.1, 0.15) is 0 Å². The minimum absolute atomic E-state index is 0.492. The summed E-state index contributed by atoms with van der Waals surface area (Å²) in [5.41, 5.74) is 6.00. The molecule has 0 N–H and O–H groups in total. The molecular weight excluding hydrogens is 1060 g/mol. The maximum Gasteiger partial charge on any atom is 0.0466 e. The van der Waals surface area contributed by atoms with Crippen molar-refractivity contribution in [2.75, 3.05) is 13.2 Å². The minimum Gasteiger partial charge on any atom is -0.381 e. The van der Waals surface area contributed by atoms with E-state index in [1.165, 1.54) is 193 Å². The van der Waals surface area contributed by atoms with Gasteiger partial charge in [-0.15, -0.1) is 0 Å². The molecule has 8 rings (SSSR count). The number of hydrogen-bond acceptors (Lipinski definition) is 1. The summed E-state index contributed by atoms with van der Waals surface area (Å²) in [6.07, 6.45) is 48.8. The highest BCUT2D eigenvalue weighted by Gasteiger charge is 2.61. The molecule has 1 nitrogen and oxygen atoms in total. The van der Waals surface area contributed by atoms with Crippen molar-refractivity contribution < 1.29 is 4.74 Å². The average Bonchev–Trinajstić information content (AvgIpc) is 3.86. The minimum atomic E-state index is 0.492. The zero-order chi connectivity index (χ0) is 49.1. The van der Waals surface area contributed by atoms with Crippen molar-refractivity contribution in [1.29, 1.82) is 0 Å². The van der Waals surface area contributed by atoms with Gasteiger partial charge in [0.2, 0.25) is 0 Å². The molecule has 396 valence electrons. The number of fused-ring (bicyclic) bond motifs is 10. The molecule has 0 radical (unpaired) electrons. The van der Waals surface area contributed by atoms with Gasteiger partial charge in [-0.05, 0) is 233 Å². The fourth-order valence-electron chi connectivity index (χ4n) is 20.1. The van der Waals surface area contributed by atoms with Crippen molar-refractivity contribution in [2.24, 2.45) is 105 Å². The van der Waals surface area contributed by atoms with E-state index in [1.54, 1.807) is 0 Å². The molecular formula is C66H112I2O. The molecule has 0 bridgehead atoms. The van der Waals surface area contributed by atoms with Gasteiger partial charge in [-0.3, -0.25) is 0 Å². The molecule has 2 unspecified atom stereocenters. The van der Waals surface area contributed by atoms with Gasteiger partial charge in [-0.25, -0.2) is 0 Å². The van der Waals surface area contributed by atoms with E-state index < -0.39 is 0 Å². The lowest BCUT2D eigenvalue weighted by Gasteiger charge is -2.59. The Morgan fingerprint density at radius 3 is 1.29 bits per heavy atom. The molecule has 3 heteroatoms. The fraction of sp³-hybridized carbons (Fsp3) is 0.939. The summed E-state index contributed by atoms with van der Waals surface area (Å²) in [6, 6.07) is 0. The van der Waals surface area contributed by atoms with Gasteiger partial charge in [-0.1, -0.05) is 202 Å². The standard InChI is InChI=1S/C66H112I2O/c1-45(2)19-17-21-47(5)55-29-31-57-53-27-25-51-43-49(33-37-63(51,7)59(53)35-39-65(55,57)9)61(67)23-13-11-15-41-69-42-16-12-14-24-62(68)50-34-38-64(8)52(44-50)26-28-54-58-32-30-56(48(6)22-18-20-46(3)4)66(58,10)40-36-60(54)64/h25-26,45-50,53-62H,11-24,27-44H2,1-10H3/t47-,48-,49+,50+,53+,54+,55-,56-,57+,58+,59+,60+,61?,62?,63+,64+,65-,66-/m1/s1. The zero-order valence-corrected chi connectivity index (χ0v) is 51.5. The van der Waals surface area contributed by atoms with Crippen molar-refractivity contribution in [3.63, 3.8) is 0 Å². The van der Waals surface area contributed by atoms with Crippen molar-refractivity contribution in [3.8, 4) is 0 Å². The molecule has 0 heterocycles. The summed E-state index contributed by atoms with van der Waals surface area (Å²) in [7, 11) is 0. The second-order valence-corrected chi connectivity index (χ2v) is 32.1. The van der Waals surface area contributed by atoms with Crippen LogP contribution in [-0.2, 0) is 4.74 Å². The third-order valence-corrected chi connectivity index (χ3v) is 27.5. The molecule has 8 aliphatic rings. The number of unbranched alkanes of at least 4 members (excludes halogenated alkanes) is 4. The van der Waals surface area contributed by atoms with Crippen molar-refractivity contribution in [2.45, 2.75) is 270 Å². The molecule has 0 aromatic carbocycles.